The van der Waals surface area contributed by atoms with Gasteiger partial charge in [0, 0.05) is 13.1 Å². The van der Waals surface area contributed by atoms with E-state index in [2.05, 4.69) is 14.9 Å². The molecule has 0 radical (unpaired) electrons. The van der Waals surface area contributed by atoms with E-state index < -0.39 is 0 Å². The summed E-state index contributed by atoms with van der Waals surface area (Å²) in [4.78, 5) is 25.1. The maximum Gasteiger partial charge on any atom is 0.415 e. The molecule has 1 unspecified atom stereocenters. The predicted molar refractivity (Wildman–Crippen MR) is 93.0 cm³/mol. The second-order valence-electron chi connectivity index (χ2n) is 6.76. The molecule has 5 rings (SSSR count). The Morgan fingerprint density at radius 3 is 2.52 bits per heavy atom. The maximum atomic E-state index is 12.9. The summed E-state index contributed by atoms with van der Waals surface area (Å²) in [6, 6.07) is 10.3. The van der Waals surface area contributed by atoms with Crippen LogP contribution in [0.15, 0.2) is 49.1 Å². The third-order valence-corrected chi connectivity index (χ3v) is 5.19. The molecule has 130 valence electrons. The molecule has 25 heavy (non-hydrogen) atoms. The largest absolute Gasteiger partial charge is 0.415 e. The van der Waals surface area contributed by atoms with E-state index in [1.807, 2.05) is 35.2 Å². The van der Waals surface area contributed by atoms with Crippen molar-refractivity contribution in [2.24, 2.45) is 5.92 Å². The molecule has 0 spiro atoms. The molecule has 0 N–H and O–H groups in total. The lowest BCUT2D eigenvalue weighted by Gasteiger charge is -2.48. The van der Waals surface area contributed by atoms with Crippen LogP contribution >= 0.6 is 0 Å². The van der Waals surface area contributed by atoms with Crippen LogP contribution in [0, 0.1) is 5.92 Å². The van der Waals surface area contributed by atoms with E-state index in [4.69, 9.17) is 4.74 Å². The molecule has 2 aromatic rings. The molecular formula is C19H22N4O2. The molecule has 3 fully saturated rings. The Morgan fingerprint density at radius 1 is 1.16 bits per heavy atom. The Bertz CT molecular complexity index is 702. The van der Waals surface area contributed by atoms with Gasteiger partial charge in [-0.1, -0.05) is 30.3 Å². The number of amides is 1. The highest BCUT2D eigenvalue weighted by Gasteiger charge is 2.40. The first kappa shape index (κ1) is 16.0. The van der Waals surface area contributed by atoms with Crippen LogP contribution in [0.1, 0.15) is 18.4 Å². The number of hydrogen-bond acceptors (Lipinski definition) is 5. The number of hydrogen-bond donors (Lipinski definition) is 0. The number of aromatic nitrogens is 2. The molecule has 3 aliphatic heterocycles. The van der Waals surface area contributed by atoms with Crippen LogP contribution in [0.3, 0.4) is 0 Å². The van der Waals surface area contributed by atoms with Crippen molar-refractivity contribution in [1.82, 2.24) is 19.8 Å². The van der Waals surface area contributed by atoms with Crippen molar-refractivity contribution >= 4 is 6.09 Å². The second kappa shape index (κ2) is 7.19. The molecule has 3 aliphatic rings. The van der Waals surface area contributed by atoms with E-state index in [1.165, 1.54) is 18.7 Å². The molecule has 3 saturated heterocycles. The molecule has 0 aliphatic carbocycles. The van der Waals surface area contributed by atoms with Crippen molar-refractivity contribution in [2.45, 2.75) is 25.4 Å². The fraction of sp³-hybridized carbons (Fsp3) is 0.421. The number of ether oxygens (including phenoxy) is 1. The van der Waals surface area contributed by atoms with Crippen LogP contribution in [0.5, 0.6) is 5.75 Å². The summed E-state index contributed by atoms with van der Waals surface area (Å²) in [5.74, 6) is 0.931. The molecule has 1 atom stereocenters. The van der Waals surface area contributed by atoms with E-state index in [-0.39, 0.29) is 12.1 Å². The van der Waals surface area contributed by atoms with Gasteiger partial charge in [0.15, 0.2) is 5.75 Å². The number of fused-ring (bicyclic) bond motifs is 3. The molecular weight excluding hydrogens is 316 g/mol. The standard InChI is InChI=1S/C19H22N4O2/c24-19(25-17-10-20-14-21-11-17)23(12-15-4-2-1-3-5-15)18-13-22-8-6-16(18)7-9-22/h1-5,10-11,14,16,18H,6-9,12-13H2. The zero-order valence-corrected chi connectivity index (χ0v) is 14.1. The van der Waals surface area contributed by atoms with Gasteiger partial charge in [-0.05, 0) is 37.4 Å². The van der Waals surface area contributed by atoms with Crippen LogP contribution in [0.4, 0.5) is 4.79 Å². The predicted octanol–water partition coefficient (Wildman–Crippen LogP) is 2.57. The molecule has 0 saturated carbocycles. The van der Waals surface area contributed by atoms with Crippen LogP contribution < -0.4 is 4.74 Å². The minimum absolute atomic E-state index is 0.194. The smallest absolute Gasteiger partial charge is 0.407 e. The van der Waals surface area contributed by atoms with Crippen LogP contribution in [0.2, 0.25) is 0 Å². The Kier molecular flexibility index (Phi) is 4.61. The normalized spacial score (nSPS) is 24.7. The monoisotopic (exact) mass is 338 g/mol. The van der Waals surface area contributed by atoms with Crippen LogP contribution in [-0.4, -0.2) is 51.5 Å². The van der Waals surface area contributed by atoms with E-state index >= 15 is 0 Å². The number of benzene rings is 1. The van der Waals surface area contributed by atoms with Crippen molar-refractivity contribution in [3.05, 3.63) is 54.6 Å². The van der Waals surface area contributed by atoms with Gasteiger partial charge in [-0.3, -0.25) is 4.90 Å². The second-order valence-corrected chi connectivity index (χ2v) is 6.76. The van der Waals surface area contributed by atoms with E-state index in [9.17, 15) is 4.79 Å². The van der Waals surface area contributed by atoms with Gasteiger partial charge in [-0.2, -0.15) is 0 Å². The number of rotatable bonds is 4. The van der Waals surface area contributed by atoms with Crippen molar-refractivity contribution in [2.75, 3.05) is 19.6 Å². The third kappa shape index (κ3) is 3.64. The summed E-state index contributed by atoms with van der Waals surface area (Å²) < 4.78 is 5.55. The highest BCUT2D eigenvalue weighted by molar-refractivity contribution is 5.71. The van der Waals surface area contributed by atoms with Crippen molar-refractivity contribution in [3.63, 3.8) is 0 Å². The number of piperidine rings is 3. The molecule has 1 aromatic carbocycles. The van der Waals surface area contributed by atoms with Gasteiger partial charge < -0.3 is 9.64 Å². The minimum Gasteiger partial charge on any atom is -0.407 e. The summed E-state index contributed by atoms with van der Waals surface area (Å²) >= 11 is 0. The Hall–Kier alpha value is -2.47. The molecule has 6 heteroatoms. The lowest BCUT2D eigenvalue weighted by Crippen LogP contribution is -2.58. The Balaban J connectivity index is 1.55. The van der Waals surface area contributed by atoms with Crippen molar-refractivity contribution in [3.8, 4) is 5.75 Å². The van der Waals surface area contributed by atoms with E-state index in [1.54, 1.807) is 0 Å². The average Bonchev–Trinajstić information content (AvgIpc) is 2.68. The molecule has 1 aromatic heterocycles. The van der Waals surface area contributed by atoms with Gasteiger partial charge >= 0.3 is 6.09 Å². The lowest BCUT2D eigenvalue weighted by atomic mass is 9.83. The Morgan fingerprint density at radius 2 is 1.88 bits per heavy atom. The van der Waals surface area contributed by atoms with Crippen molar-refractivity contribution in [1.29, 1.82) is 0 Å². The number of carbonyl (C=O) groups excluding carboxylic acids is 1. The van der Waals surface area contributed by atoms with Crippen LogP contribution in [-0.2, 0) is 6.54 Å². The first-order valence-electron chi connectivity index (χ1n) is 8.79. The first-order chi connectivity index (χ1) is 12.3. The summed E-state index contributed by atoms with van der Waals surface area (Å²) in [6.07, 6.45) is 6.43. The molecule has 6 nitrogen and oxygen atoms in total. The van der Waals surface area contributed by atoms with Gasteiger partial charge in [0.2, 0.25) is 0 Å². The topological polar surface area (TPSA) is 58.6 Å². The van der Waals surface area contributed by atoms with Gasteiger partial charge in [-0.15, -0.1) is 0 Å². The van der Waals surface area contributed by atoms with Crippen molar-refractivity contribution < 1.29 is 9.53 Å². The number of nitrogens with zero attached hydrogens (tertiary/aromatic N) is 4. The molecule has 4 heterocycles. The lowest BCUT2D eigenvalue weighted by molar-refractivity contribution is 0.00930. The minimum atomic E-state index is -0.322. The zero-order chi connectivity index (χ0) is 17.1. The van der Waals surface area contributed by atoms with E-state index in [0.29, 0.717) is 18.2 Å². The summed E-state index contributed by atoms with van der Waals surface area (Å²) in [6.45, 7) is 3.77. The molecule has 1 amide bonds. The average molecular weight is 338 g/mol. The van der Waals surface area contributed by atoms with Gasteiger partial charge in [0.1, 0.15) is 6.33 Å². The fourth-order valence-corrected chi connectivity index (χ4v) is 3.88. The fourth-order valence-electron chi connectivity index (χ4n) is 3.88. The summed E-state index contributed by atoms with van der Waals surface area (Å²) in [5.41, 5.74) is 1.11. The highest BCUT2D eigenvalue weighted by atomic mass is 16.6. The summed E-state index contributed by atoms with van der Waals surface area (Å²) in [5, 5.41) is 0. The Labute approximate surface area is 147 Å². The number of carbonyl (C=O) groups is 1. The van der Waals surface area contributed by atoms with Gasteiger partial charge in [0.25, 0.3) is 0 Å². The molecule has 2 bridgehead atoms. The maximum absolute atomic E-state index is 12.9. The van der Waals surface area contributed by atoms with Crippen LogP contribution in [0.25, 0.3) is 0 Å². The van der Waals surface area contributed by atoms with Gasteiger partial charge in [-0.25, -0.2) is 14.8 Å². The highest BCUT2D eigenvalue weighted by Crippen LogP contribution is 2.32. The van der Waals surface area contributed by atoms with Gasteiger partial charge in [0.05, 0.1) is 18.4 Å². The first-order valence-corrected chi connectivity index (χ1v) is 8.79. The zero-order valence-electron chi connectivity index (χ0n) is 14.1. The van der Waals surface area contributed by atoms with E-state index in [0.717, 1.165) is 38.0 Å². The third-order valence-electron chi connectivity index (χ3n) is 5.19. The quantitative estimate of drug-likeness (QED) is 0.857. The summed E-state index contributed by atoms with van der Waals surface area (Å²) in [7, 11) is 0. The SMILES string of the molecule is O=C(Oc1cncnc1)N(Cc1ccccc1)C1CN2CCC1CC2.